The summed E-state index contributed by atoms with van der Waals surface area (Å²) in [6.45, 7) is 0.534. The Morgan fingerprint density at radius 3 is 2.55 bits per heavy atom. The molecule has 20 heavy (non-hydrogen) atoms. The van der Waals surface area contributed by atoms with Crippen molar-refractivity contribution in [3.63, 3.8) is 0 Å². The van der Waals surface area contributed by atoms with Gasteiger partial charge in [-0.1, -0.05) is 35.9 Å². The first-order valence-electron chi connectivity index (χ1n) is 6.30. The predicted octanol–water partition coefficient (Wildman–Crippen LogP) is 3.90. The molecule has 4 heteroatoms. The average molecular weight is 295 g/mol. The highest BCUT2D eigenvalue weighted by molar-refractivity contribution is 6.31. The Kier molecular flexibility index (Phi) is 5.12. The van der Waals surface area contributed by atoms with E-state index in [0.717, 1.165) is 11.1 Å². The number of benzene rings is 2. The molecule has 1 unspecified atom stereocenters. The van der Waals surface area contributed by atoms with Crippen molar-refractivity contribution < 1.29 is 14.2 Å². The fraction of sp³-hybridized carbons (Fsp3) is 0.250. The van der Waals surface area contributed by atoms with E-state index < -0.39 is 6.10 Å². The van der Waals surface area contributed by atoms with Gasteiger partial charge in [0.2, 0.25) is 0 Å². The lowest BCUT2D eigenvalue weighted by Gasteiger charge is -2.13. The molecule has 0 amide bonds. The van der Waals surface area contributed by atoms with E-state index in [1.54, 1.807) is 7.11 Å². The second-order valence-corrected chi connectivity index (χ2v) is 5.04. The normalized spacial score (nSPS) is 12.4. The lowest BCUT2D eigenvalue weighted by Crippen LogP contribution is -2.03. The Balaban J connectivity index is 2.11. The number of aliphatic hydroxyl groups is 1. The molecule has 1 atom stereocenters. The van der Waals surface area contributed by atoms with Crippen LogP contribution < -0.4 is 0 Å². The Morgan fingerprint density at radius 1 is 1.20 bits per heavy atom. The molecule has 2 aromatic carbocycles. The summed E-state index contributed by atoms with van der Waals surface area (Å²) in [6, 6.07) is 11.6. The first kappa shape index (κ1) is 15.0. The van der Waals surface area contributed by atoms with Gasteiger partial charge in [0.05, 0.1) is 12.7 Å². The Labute approximate surface area is 122 Å². The van der Waals surface area contributed by atoms with Gasteiger partial charge >= 0.3 is 0 Å². The third-order valence-electron chi connectivity index (χ3n) is 3.10. The summed E-state index contributed by atoms with van der Waals surface area (Å²) in [5.41, 5.74) is 2.40. The van der Waals surface area contributed by atoms with E-state index in [9.17, 15) is 9.50 Å². The molecular weight excluding hydrogens is 279 g/mol. The summed E-state index contributed by atoms with van der Waals surface area (Å²) in [4.78, 5) is 0. The Morgan fingerprint density at radius 2 is 1.90 bits per heavy atom. The summed E-state index contributed by atoms with van der Waals surface area (Å²) >= 11 is 6.00. The van der Waals surface area contributed by atoms with Crippen LogP contribution >= 0.6 is 11.6 Å². The fourth-order valence-electron chi connectivity index (χ4n) is 2.03. The lowest BCUT2D eigenvalue weighted by molar-refractivity contribution is 0.177. The molecule has 0 saturated carbocycles. The predicted molar refractivity (Wildman–Crippen MR) is 77.2 cm³/mol. The van der Waals surface area contributed by atoms with E-state index in [-0.39, 0.29) is 12.2 Å². The molecule has 1 N–H and O–H groups in total. The molecule has 106 valence electrons. The van der Waals surface area contributed by atoms with Gasteiger partial charge in [0.15, 0.2) is 0 Å². The van der Waals surface area contributed by atoms with E-state index in [1.807, 2.05) is 24.3 Å². The zero-order chi connectivity index (χ0) is 14.5. The van der Waals surface area contributed by atoms with Crippen molar-refractivity contribution in [3.05, 3.63) is 70.0 Å². The molecular formula is C16H16ClFO2. The number of methoxy groups -OCH3 is 1. The first-order valence-corrected chi connectivity index (χ1v) is 6.67. The fourth-order valence-corrected chi connectivity index (χ4v) is 2.22. The molecule has 0 radical (unpaired) electrons. The largest absolute Gasteiger partial charge is 0.388 e. The van der Waals surface area contributed by atoms with Crippen LogP contribution in [0, 0.1) is 5.82 Å². The Hall–Kier alpha value is -1.42. The molecule has 0 fully saturated rings. The number of rotatable bonds is 5. The zero-order valence-corrected chi connectivity index (χ0v) is 11.9. The summed E-state index contributed by atoms with van der Waals surface area (Å²) in [6.07, 6.45) is -0.439. The van der Waals surface area contributed by atoms with Crippen LogP contribution in [0.15, 0.2) is 42.5 Å². The topological polar surface area (TPSA) is 29.5 Å². The van der Waals surface area contributed by atoms with Gasteiger partial charge in [-0.3, -0.25) is 0 Å². The van der Waals surface area contributed by atoms with Gasteiger partial charge in [0.25, 0.3) is 0 Å². The molecule has 0 saturated heterocycles. The maximum atomic E-state index is 13.2. The lowest BCUT2D eigenvalue weighted by atomic mass is 10.0. The molecule has 0 aliphatic heterocycles. The van der Waals surface area contributed by atoms with Gasteiger partial charge in [-0.15, -0.1) is 0 Å². The van der Waals surface area contributed by atoms with Crippen molar-refractivity contribution in [1.82, 2.24) is 0 Å². The minimum Gasteiger partial charge on any atom is -0.388 e. The van der Waals surface area contributed by atoms with Gasteiger partial charge in [0.1, 0.15) is 5.82 Å². The van der Waals surface area contributed by atoms with Crippen LogP contribution in [-0.4, -0.2) is 12.2 Å². The second-order valence-electron chi connectivity index (χ2n) is 4.63. The van der Waals surface area contributed by atoms with Crippen molar-refractivity contribution in [2.75, 3.05) is 7.11 Å². The minimum absolute atomic E-state index is 0.278. The number of aliphatic hydroxyl groups excluding tert-OH is 1. The molecule has 0 aliphatic carbocycles. The SMILES string of the molecule is COCc1ccc(C(O)Cc2cc(F)ccc2Cl)cc1. The average Bonchev–Trinajstić information content (AvgIpc) is 2.44. The monoisotopic (exact) mass is 294 g/mol. The second kappa shape index (κ2) is 6.84. The highest BCUT2D eigenvalue weighted by Gasteiger charge is 2.11. The minimum atomic E-state index is -0.717. The first-order chi connectivity index (χ1) is 9.60. The molecule has 0 aromatic heterocycles. The standard InChI is InChI=1S/C16H16ClFO2/c1-20-10-11-2-4-12(5-3-11)16(19)9-13-8-14(18)6-7-15(13)17/h2-8,16,19H,9-10H2,1H3. The summed E-state index contributed by atoms with van der Waals surface area (Å²) < 4.78 is 18.2. The van der Waals surface area contributed by atoms with Gasteiger partial charge in [0, 0.05) is 18.6 Å². The quantitative estimate of drug-likeness (QED) is 0.906. The van der Waals surface area contributed by atoms with Crippen molar-refractivity contribution in [2.24, 2.45) is 0 Å². The van der Waals surface area contributed by atoms with E-state index in [1.165, 1.54) is 18.2 Å². The zero-order valence-electron chi connectivity index (χ0n) is 11.1. The van der Waals surface area contributed by atoms with Crippen molar-refractivity contribution in [1.29, 1.82) is 0 Å². The van der Waals surface area contributed by atoms with Crippen molar-refractivity contribution in [2.45, 2.75) is 19.1 Å². The van der Waals surface area contributed by atoms with E-state index in [2.05, 4.69) is 0 Å². The molecule has 0 bridgehead atoms. The molecule has 2 nitrogen and oxygen atoms in total. The summed E-state index contributed by atoms with van der Waals surface area (Å²) in [5, 5.41) is 10.7. The molecule has 0 heterocycles. The number of ether oxygens (including phenoxy) is 1. The van der Waals surface area contributed by atoms with Crippen LogP contribution in [-0.2, 0) is 17.8 Å². The third kappa shape index (κ3) is 3.79. The summed E-state index contributed by atoms with van der Waals surface area (Å²) in [5.74, 6) is -0.355. The maximum Gasteiger partial charge on any atom is 0.123 e. The van der Waals surface area contributed by atoms with E-state index in [0.29, 0.717) is 17.2 Å². The summed E-state index contributed by atoms with van der Waals surface area (Å²) in [7, 11) is 1.63. The van der Waals surface area contributed by atoms with Gasteiger partial charge in [-0.2, -0.15) is 0 Å². The molecule has 0 aliphatic rings. The van der Waals surface area contributed by atoms with Crippen LogP contribution in [0.5, 0.6) is 0 Å². The van der Waals surface area contributed by atoms with Crippen LogP contribution in [0.4, 0.5) is 4.39 Å². The number of hydrogen-bond donors (Lipinski definition) is 1. The van der Waals surface area contributed by atoms with Crippen LogP contribution in [0.1, 0.15) is 22.8 Å². The maximum absolute atomic E-state index is 13.2. The van der Waals surface area contributed by atoms with E-state index >= 15 is 0 Å². The van der Waals surface area contributed by atoms with Crippen LogP contribution in [0.2, 0.25) is 5.02 Å². The molecule has 2 aromatic rings. The third-order valence-corrected chi connectivity index (χ3v) is 3.47. The highest BCUT2D eigenvalue weighted by atomic mass is 35.5. The van der Waals surface area contributed by atoms with E-state index in [4.69, 9.17) is 16.3 Å². The number of halogens is 2. The van der Waals surface area contributed by atoms with Gasteiger partial charge in [-0.05, 0) is 34.9 Å². The van der Waals surface area contributed by atoms with Crippen molar-refractivity contribution in [3.8, 4) is 0 Å². The smallest absolute Gasteiger partial charge is 0.123 e. The molecule has 2 rings (SSSR count). The van der Waals surface area contributed by atoms with Crippen LogP contribution in [0.3, 0.4) is 0 Å². The highest BCUT2D eigenvalue weighted by Crippen LogP contribution is 2.24. The van der Waals surface area contributed by atoms with Crippen molar-refractivity contribution >= 4 is 11.6 Å². The van der Waals surface area contributed by atoms with Gasteiger partial charge < -0.3 is 9.84 Å². The Bertz CT molecular complexity index is 569. The van der Waals surface area contributed by atoms with Crippen LogP contribution in [0.25, 0.3) is 0 Å². The van der Waals surface area contributed by atoms with Gasteiger partial charge in [-0.25, -0.2) is 4.39 Å². The molecule has 0 spiro atoms. The number of hydrogen-bond acceptors (Lipinski definition) is 2.